The van der Waals surface area contributed by atoms with Gasteiger partial charge < -0.3 is 4.42 Å². The zero-order valence-corrected chi connectivity index (χ0v) is 17.3. The molecule has 2 aromatic carbocycles. The standard InChI is InChI=1S/C21H15NO6S2/c1-29(24,25)30(26,27)15-11-9-14(10-12-15)21-19(17-7-4-5-13-22-17)20(23)16-6-2-3-8-18(16)28-21/h2-13H,1H3. The molecule has 2 aromatic heterocycles. The average Bonchev–Trinajstić information content (AvgIpc) is 2.73. The third kappa shape index (κ3) is 3.31. The molecule has 0 amide bonds. The minimum absolute atomic E-state index is 0.209. The van der Waals surface area contributed by atoms with E-state index in [1.54, 1.807) is 48.7 Å². The first-order valence-electron chi connectivity index (χ1n) is 8.73. The van der Waals surface area contributed by atoms with Crippen LogP contribution in [-0.4, -0.2) is 28.1 Å². The van der Waals surface area contributed by atoms with E-state index in [0.29, 0.717) is 28.5 Å². The second-order valence-electron chi connectivity index (χ2n) is 6.53. The molecule has 30 heavy (non-hydrogen) atoms. The Bertz CT molecular complexity index is 1520. The molecule has 0 unspecified atom stereocenters. The van der Waals surface area contributed by atoms with Crippen molar-refractivity contribution in [1.29, 1.82) is 0 Å². The molecular weight excluding hydrogens is 426 g/mol. The number of aromatic nitrogens is 1. The van der Waals surface area contributed by atoms with E-state index in [1.807, 2.05) is 0 Å². The van der Waals surface area contributed by atoms with E-state index >= 15 is 0 Å². The lowest BCUT2D eigenvalue weighted by molar-refractivity contribution is 0.585. The van der Waals surface area contributed by atoms with Crippen molar-refractivity contribution in [2.45, 2.75) is 4.90 Å². The van der Waals surface area contributed by atoms with Crippen LogP contribution in [0.25, 0.3) is 33.6 Å². The highest BCUT2D eigenvalue weighted by atomic mass is 33.2. The number of fused-ring (bicyclic) bond motifs is 1. The van der Waals surface area contributed by atoms with Gasteiger partial charge >= 0.3 is 0 Å². The minimum Gasteiger partial charge on any atom is -0.455 e. The van der Waals surface area contributed by atoms with Crippen LogP contribution in [0.4, 0.5) is 0 Å². The fourth-order valence-corrected chi connectivity index (χ4v) is 5.24. The lowest BCUT2D eigenvalue weighted by atomic mass is 10.0. The zero-order valence-electron chi connectivity index (χ0n) is 15.6. The molecule has 0 aliphatic carbocycles. The van der Waals surface area contributed by atoms with E-state index in [0.717, 1.165) is 0 Å². The lowest BCUT2D eigenvalue weighted by Crippen LogP contribution is -2.13. The molecule has 0 atom stereocenters. The van der Waals surface area contributed by atoms with Gasteiger partial charge in [-0.15, -0.1) is 0 Å². The minimum atomic E-state index is -4.51. The summed E-state index contributed by atoms with van der Waals surface area (Å²) in [6, 6.07) is 17.0. The summed E-state index contributed by atoms with van der Waals surface area (Å²) in [6.45, 7) is 0. The van der Waals surface area contributed by atoms with Gasteiger partial charge in [0.15, 0.2) is 0 Å². The van der Waals surface area contributed by atoms with Crippen LogP contribution in [0.15, 0.2) is 87.0 Å². The fraction of sp³-hybridized carbons (Fsp3) is 0.0476. The van der Waals surface area contributed by atoms with Crippen molar-refractivity contribution in [3.05, 3.63) is 83.2 Å². The van der Waals surface area contributed by atoms with E-state index in [2.05, 4.69) is 4.98 Å². The third-order valence-corrected chi connectivity index (χ3v) is 9.14. The lowest BCUT2D eigenvalue weighted by Gasteiger charge is -2.10. The van der Waals surface area contributed by atoms with E-state index < -0.39 is 17.7 Å². The molecule has 152 valence electrons. The van der Waals surface area contributed by atoms with Crippen LogP contribution >= 0.6 is 0 Å². The van der Waals surface area contributed by atoms with Crippen LogP contribution in [0.3, 0.4) is 0 Å². The van der Waals surface area contributed by atoms with E-state index in [9.17, 15) is 21.6 Å². The summed E-state index contributed by atoms with van der Waals surface area (Å²) in [5.41, 5.74) is 1.13. The molecule has 0 N–H and O–H groups in total. The molecule has 0 saturated heterocycles. The van der Waals surface area contributed by atoms with Gasteiger partial charge in [0.1, 0.15) is 11.3 Å². The van der Waals surface area contributed by atoms with E-state index in [-0.39, 0.29) is 21.6 Å². The summed E-state index contributed by atoms with van der Waals surface area (Å²) in [5.74, 6) is 0.209. The SMILES string of the molecule is CS(=O)(=O)S(=O)(=O)c1ccc(-c2oc3ccccc3c(=O)c2-c2ccccn2)cc1. The number of hydrogen-bond donors (Lipinski definition) is 0. The molecule has 0 bridgehead atoms. The van der Waals surface area contributed by atoms with Gasteiger partial charge in [-0.2, -0.15) is 0 Å². The van der Waals surface area contributed by atoms with Crippen LogP contribution in [0.2, 0.25) is 0 Å². The number of hydrogen-bond acceptors (Lipinski definition) is 7. The van der Waals surface area contributed by atoms with Gasteiger partial charge in [-0.05, 0) is 48.5 Å². The Morgan fingerprint density at radius 3 is 2.13 bits per heavy atom. The largest absolute Gasteiger partial charge is 0.455 e. The Morgan fingerprint density at radius 1 is 0.833 bits per heavy atom. The van der Waals surface area contributed by atoms with Crippen molar-refractivity contribution in [1.82, 2.24) is 4.98 Å². The Morgan fingerprint density at radius 2 is 1.50 bits per heavy atom. The number of para-hydroxylation sites is 1. The maximum absolute atomic E-state index is 13.2. The predicted octanol–water partition coefficient (Wildman–Crippen LogP) is 3.26. The molecule has 0 saturated carbocycles. The summed E-state index contributed by atoms with van der Waals surface area (Å²) in [6.07, 6.45) is 2.19. The molecular formula is C21H15NO6S2. The van der Waals surface area contributed by atoms with Crippen LogP contribution in [-0.2, 0) is 17.7 Å². The highest BCUT2D eigenvalue weighted by molar-refractivity contribution is 8.66. The monoisotopic (exact) mass is 441 g/mol. The van der Waals surface area contributed by atoms with Crippen LogP contribution < -0.4 is 5.43 Å². The van der Waals surface area contributed by atoms with Crippen LogP contribution in [0.1, 0.15) is 0 Å². The van der Waals surface area contributed by atoms with Gasteiger partial charge in [-0.1, -0.05) is 18.2 Å². The predicted molar refractivity (Wildman–Crippen MR) is 113 cm³/mol. The first-order chi connectivity index (χ1) is 14.2. The van der Waals surface area contributed by atoms with Crippen molar-refractivity contribution in [2.75, 3.05) is 6.26 Å². The molecule has 7 nitrogen and oxygen atoms in total. The summed E-state index contributed by atoms with van der Waals surface area (Å²) in [7, 11) is -8.84. The molecule has 0 radical (unpaired) electrons. The molecule has 0 fully saturated rings. The zero-order chi connectivity index (χ0) is 21.5. The first-order valence-corrected chi connectivity index (χ1v) is 12.6. The maximum atomic E-state index is 13.2. The Kier molecular flexibility index (Phi) is 4.79. The van der Waals surface area contributed by atoms with Gasteiger partial charge in [0.2, 0.25) is 5.43 Å². The topological polar surface area (TPSA) is 111 Å². The summed E-state index contributed by atoms with van der Waals surface area (Å²) in [5, 5.41) is 0.387. The summed E-state index contributed by atoms with van der Waals surface area (Å²) < 4.78 is 53.5. The number of rotatable bonds is 4. The van der Waals surface area contributed by atoms with E-state index in [1.165, 1.54) is 24.3 Å². The van der Waals surface area contributed by atoms with Crippen LogP contribution in [0, 0.1) is 0 Å². The van der Waals surface area contributed by atoms with Gasteiger partial charge in [0.25, 0.3) is 17.7 Å². The smallest absolute Gasteiger partial charge is 0.281 e. The summed E-state index contributed by atoms with van der Waals surface area (Å²) >= 11 is 0. The highest BCUT2D eigenvalue weighted by Gasteiger charge is 2.27. The molecule has 2 heterocycles. The molecule has 4 rings (SSSR count). The summed E-state index contributed by atoms with van der Waals surface area (Å²) in [4.78, 5) is 17.1. The van der Waals surface area contributed by atoms with Gasteiger partial charge in [0.05, 0.1) is 27.8 Å². The van der Waals surface area contributed by atoms with Crippen molar-refractivity contribution in [3.63, 3.8) is 0 Å². The second kappa shape index (κ2) is 7.19. The van der Waals surface area contributed by atoms with E-state index in [4.69, 9.17) is 4.42 Å². The maximum Gasteiger partial charge on any atom is 0.281 e. The number of pyridine rings is 1. The molecule has 9 heteroatoms. The number of nitrogens with zero attached hydrogens (tertiary/aromatic N) is 1. The Labute approximate surface area is 171 Å². The normalized spacial score (nSPS) is 12.2. The van der Waals surface area contributed by atoms with Gasteiger partial charge in [-0.3, -0.25) is 9.78 Å². The molecule has 0 spiro atoms. The van der Waals surface area contributed by atoms with Gasteiger partial charge in [-0.25, -0.2) is 16.8 Å². The second-order valence-corrected chi connectivity index (χ2v) is 12.4. The quantitative estimate of drug-likeness (QED) is 0.447. The molecule has 4 aromatic rings. The van der Waals surface area contributed by atoms with Crippen molar-refractivity contribution < 1.29 is 21.3 Å². The molecule has 0 aliphatic heterocycles. The number of benzene rings is 2. The Balaban J connectivity index is 1.98. The Hall–Kier alpha value is -3.30. The fourth-order valence-electron chi connectivity index (χ4n) is 3.04. The van der Waals surface area contributed by atoms with Crippen LogP contribution in [0.5, 0.6) is 0 Å². The average molecular weight is 441 g/mol. The highest BCUT2D eigenvalue weighted by Crippen LogP contribution is 2.32. The molecule has 0 aliphatic rings. The van der Waals surface area contributed by atoms with Crippen molar-refractivity contribution in [2.24, 2.45) is 0 Å². The third-order valence-electron chi connectivity index (χ3n) is 4.52. The first kappa shape index (κ1) is 20.0. The van der Waals surface area contributed by atoms with Crippen molar-refractivity contribution in [3.8, 4) is 22.6 Å². The van der Waals surface area contributed by atoms with Crippen molar-refractivity contribution >= 4 is 28.7 Å². The van der Waals surface area contributed by atoms with Gasteiger partial charge in [0, 0.05) is 11.8 Å².